The molecule has 0 aliphatic rings. The van der Waals surface area contributed by atoms with E-state index in [1.165, 1.54) is 11.3 Å². The highest BCUT2D eigenvalue weighted by Gasteiger charge is 2.28. The third kappa shape index (κ3) is 2.67. The number of fused-ring (bicyclic) bond motifs is 1. The molecule has 1 atom stereocenters. The number of hydrogen-bond acceptors (Lipinski definition) is 6. The summed E-state index contributed by atoms with van der Waals surface area (Å²) in [5.41, 5.74) is -0.142. The molecular weight excluding hydrogens is 276 g/mol. The monoisotopic (exact) mass is 296 g/mol. The van der Waals surface area contributed by atoms with Crippen molar-refractivity contribution in [1.82, 2.24) is 19.8 Å². The zero-order valence-corrected chi connectivity index (χ0v) is 13.3. The summed E-state index contributed by atoms with van der Waals surface area (Å²) in [5.74, 6) is 0.250. The fourth-order valence-corrected chi connectivity index (χ4v) is 2.94. The molecule has 2 aromatic rings. The Hall–Kier alpha value is -1.50. The lowest BCUT2D eigenvalue weighted by molar-refractivity contribution is -0.145. The van der Waals surface area contributed by atoms with Gasteiger partial charge in [-0.3, -0.25) is 4.79 Å². The molecule has 6 nitrogen and oxygen atoms in total. The predicted molar refractivity (Wildman–Crippen MR) is 77.0 cm³/mol. The zero-order valence-electron chi connectivity index (χ0n) is 12.5. The Kier molecular flexibility index (Phi) is 4.08. The molecule has 0 aromatic carbocycles. The van der Waals surface area contributed by atoms with E-state index in [-0.39, 0.29) is 17.3 Å². The van der Waals surface area contributed by atoms with E-state index in [1.807, 2.05) is 6.92 Å². The van der Waals surface area contributed by atoms with Crippen LogP contribution in [-0.2, 0) is 14.9 Å². The first-order valence-corrected chi connectivity index (χ1v) is 7.59. The molecule has 0 aliphatic heterocycles. The third-order valence-corrected chi connectivity index (χ3v) is 3.97. The minimum Gasteiger partial charge on any atom is -0.465 e. The molecule has 0 radical (unpaired) electrons. The number of ether oxygens (including phenoxy) is 1. The summed E-state index contributed by atoms with van der Waals surface area (Å²) in [6.45, 7) is 10.3. The van der Waals surface area contributed by atoms with Crippen LogP contribution in [0, 0.1) is 0 Å². The van der Waals surface area contributed by atoms with E-state index in [2.05, 4.69) is 36.1 Å². The highest BCUT2D eigenvalue weighted by molar-refractivity contribution is 7.16. The lowest BCUT2D eigenvalue weighted by Gasteiger charge is -2.14. The van der Waals surface area contributed by atoms with Crippen LogP contribution in [0.1, 0.15) is 57.8 Å². The SMILES string of the molecule is CCOC(=O)C(CC)c1nn2c(C(C)(C)C)nnc2s1. The molecular formula is C13H20N4O2S. The highest BCUT2D eigenvalue weighted by Crippen LogP contribution is 2.28. The molecule has 20 heavy (non-hydrogen) atoms. The van der Waals surface area contributed by atoms with Crippen LogP contribution >= 0.6 is 11.3 Å². The Bertz CT molecular complexity index is 611. The van der Waals surface area contributed by atoms with Crippen molar-refractivity contribution in [3.63, 3.8) is 0 Å². The third-order valence-electron chi connectivity index (χ3n) is 2.95. The van der Waals surface area contributed by atoms with Gasteiger partial charge in [0.25, 0.3) is 0 Å². The van der Waals surface area contributed by atoms with E-state index in [0.717, 1.165) is 10.8 Å². The van der Waals surface area contributed by atoms with Gasteiger partial charge in [0.15, 0.2) is 5.82 Å². The average molecular weight is 296 g/mol. The van der Waals surface area contributed by atoms with Gasteiger partial charge in [0.1, 0.15) is 10.9 Å². The lowest BCUT2D eigenvalue weighted by Crippen LogP contribution is -2.18. The summed E-state index contributed by atoms with van der Waals surface area (Å²) < 4.78 is 6.84. The average Bonchev–Trinajstić information content (AvgIpc) is 2.88. The van der Waals surface area contributed by atoms with Gasteiger partial charge < -0.3 is 4.74 Å². The Morgan fingerprint density at radius 3 is 2.60 bits per heavy atom. The van der Waals surface area contributed by atoms with Crippen LogP contribution in [0.15, 0.2) is 0 Å². The van der Waals surface area contributed by atoms with E-state index >= 15 is 0 Å². The fourth-order valence-electron chi connectivity index (χ4n) is 1.93. The number of hydrogen-bond donors (Lipinski definition) is 0. The van der Waals surface area contributed by atoms with Gasteiger partial charge in [0.05, 0.1) is 6.61 Å². The van der Waals surface area contributed by atoms with Gasteiger partial charge in [-0.05, 0) is 13.3 Å². The van der Waals surface area contributed by atoms with Gasteiger partial charge in [-0.1, -0.05) is 39.0 Å². The van der Waals surface area contributed by atoms with Crippen LogP contribution in [0.5, 0.6) is 0 Å². The largest absolute Gasteiger partial charge is 0.465 e. The highest BCUT2D eigenvalue weighted by atomic mass is 32.1. The standard InChI is InChI=1S/C13H20N4O2S/c1-6-8(10(18)19-7-2)9-16-17-11(13(3,4)5)14-15-12(17)20-9/h8H,6-7H2,1-5H3. The summed E-state index contributed by atoms with van der Waals surface area (Å²) in [4.78, 5) is 12.7. The van der Waals surface area contributed by atoms with Crippen LogP contribution in [0.2, 0.25) is 0 Å². The van der Waals surface area contributed by atoms with Crippen LogP contribution < -0.4 is 0 Å². The van der Waals surface area contributed by atoms with Crippen molar-refractivity contribution in [2.45, 2.75) is 52.4 Å². The van der Waals surface area contributed by atoms with Gasteiger partial charge in [-0.25, -0.2) is 0 Å². The first-order chi connectivity index (χ1) is 9.38. The van der Waals surface area contributed by atoms with Crippen molar-refractivity contribution in [2.24, 2.45) is 0 Å². The maximum Gasteiger partial charge on any atom is 0.315 e. The zero-order chi connectivity index (χ0) is 14.9. The summed E-state index contributed by atoms with van der Waals surface area (Å²) in [7, 11) is 0. The van der Waals surface area contributed by atoms with Crippen LogP contribution in [0.25, 0.3) is 4.96 Å². The maximum atomic E-state index is 12.0. The van der Waals surface area contributed by atoms with E-state index in [4.69, 9.17) is 4.74 Å². The number of esters is 1. The van der Waals surface area contributed by atoms with Crippen molar-refractivity contribution in [2.75, 3.05) is 6.61 Å². The summed E-state index contributed by atoms with van der Waals surface area (Å²) >= 11 is 1.40. The number of nitrogens with zero attached hydrogens (tertiary/aromatic N) is 4. The normalized spacial score (nSPS) is 13.7. The van der Waals surface area contributed by atoms with Crippen LogP contribution in [0.3, 0.4) is 0 Å². The Labute approximate surface area is 122 Å². The van der Waals surface area contributed by atoms with E-state index in [1.54, 1.807) is 11.4 Å². The fraction of sp³-hybridized carbons (Fsp3) is 0.692. The summed E-state index contributed by atoms with van der Waals surface area (Å²) in [5, 5.41) is 13.6. The second-order valence-electron chi connectivity index (χ2n) is 5.62. The van der Waals surface area contributed by atoms with Crippen LogP contribution in [0.4, 0.5) is 0 Å². The lowest BCUT2D eigenvalue weighted by atomic mass is 9.96. The van der Waals surface area contributed by atoms with Gasteiger partial charge in [0, 0.05) is 5.41 Å². The Morgan fingerprint density at radius 2 is 2.05 bits per heavy atom. The molecule has 2 aromatic heterocycles. The van der Waals surface area contributed by atoms with Gasteiger partial charge in [0.2, 0.25) is 4.96 Å². The van der Waals surface area contributed by atoms with Crippen molar-refractivity contribution in [3.05, 3.63) is 10.8 Å². The minimum absolute atomic E-state index is 0.142. The molecule has 0 aliphatic carbocycles. The summed E-state index contributed by atoms with van der Waals surface area (Å²) in [6.07, 6.45) is 0.660. The van der Waals surface area contributed by atoms with Gasteiger partial charge in [-0.2, -0.15) is 9.61 Å². The number of carbonyl (C=O) groups is 1. The molecule has 2 heterocycles. The Balaban J connectivity index is 2.41. The minimum atomic E-state index is -0.325. The van der Waals surface area contributed by atoms with Gasteiger partial charge in [-0.15, -0.1) is 10.2 Å². The molecule has 110 valence electrons. The molecule has 7 heteroatoms. The first kappa shape index (κ1) is 14.9. The molecule has 1 unspecified atom stereocenters. The second-order valence-corrected chi connectivity index (χ2v) is 6.61. The molecule has 0 fully saturated rings. The maximum absolute atomic E-state index is 12.0. The quantitative estimate of drug-likeness (QED) is 0.811. The Morgan fingerprint density at radius 1 is 1.35 bits per heavy atom. The molecule has 0 bridgehead atoms. The molecule has 0 N–H and O–H groups in total. The molecule has 2 rings (SSSR count). The van der Waals surface area contributed by atoms with Crippen molar-refractivity contribution >= 4 is 22.3 Å². The predicted octanol–water partition coefficient (Wildman–Crippen LogP) is 2.54. The van der Waals surface area contributed by atoms with E-state index in [9.17, 15) is 4.79 Å². The molecule has 0 saturated carbocycles. The van der Waals surface area contributed by atoms with E-state index in [0.29, 0.717) is 18.0 Å². The van der Waals surface area contributed by atoms with Crippen molar-refractivity contribution in [3.8, 4) is 0 Å². The summed E-state index contributed by atoms with van der Waals surface area (Å²) in [6, 6.07) is 0. The smallest absolute Gasteiger partial charge is 0.315 e. The van der Waals surface area contributed by atoms with Crippen molar-refractivity contribution < 1.29 is 9.53 Å². The molecule has 0 amide bonds. The number of rotatable bonds is 4. The number of carbonyl (C=O) groups excluding carboxylic acids is 1. The molecule has 0 spiro atoms. The van der Waals surface area contributed by atoms with Gasteiger partial charge >= 0.3 is 5.97 Å². The number of aromatic nitrogens is 4. The van der Waals surface area contributed by atoms with Crippen LogP contribution in [-0.4, -0.2) is 32.4 Å². The van der Waals surface area contributed by atoms with Crippen molar-refractivity contribution in [1.29, 1.82) is 0 Å². The van der Waals surface area contributed by atoms with E-state index < -0.39 is 0 Å². The molecule has 0 saturated heterocycles. The topological polar surface area (TPSA) is 69.4 Å². The first-order valence-electron chi connectivity index (χ1n) is 6.77. The second kappa shape index (κ2) is 5.47.